The number of phenols is 5. The molecule has 0 saturated heterocycles. The molecule has 0 radical (unpaired) electrons. The molecule has 168 valence electrons. The van der Waals surface area contributed by atoms with Crippen LogP contribution in [-0.4, -0.2) is 36.6 Å². The fourth-order valence-corrected chi connectivity index (χ4v) is 4.06. The molecule has 5 rings (SSSR count). The highest BCUT2D eigenvalue weighted by Crippen LogP contribution is 2.50. The molecule has 6 N–H and O–H groups in total. The van der Waals surface area contributed by atoms with Gasteiger partial charge in [0.2, 0.25) is 0 Å². The van der Waals surface area contributed by atoms with Crippen molar-refractivity contribution in [3.63, 3.8) is 0 Å². The van der Waals surface area contributed by atoms with Crippen LogP contribution in [0, 0.1) is 0 Å². The van der Waals surface area contributed by atoms with Crippen molar-refractivity contribution in [3.05, 3.63) is 70.5 Å². The van der Waals surface area contributed by atoms with E-state index in [0.29, 0.717) is 16.7 Å². The van der Waals surface area contributed by atoms with Gasteiger partial charge in [0.05, 0.1) is 11.5 Å². The van der Waals surface area contributed by atoms with Crippen molar-refractivity contribution >= 4 is 12.0 Å². The van der Waals surface area contributed by atoms with Crippen LogP contribution in [0.4, 0.5) is 0 Å². The van der Waals surface area contributed by atoms with Gasteiger partial charge in [-0.25, -0.2) is 0 Å². The molecular formula is C24H18O9. The van der Waals surface area contributed by atoms with Crippen molar-refractivity contribution in [1.82, 2.24) is 0 Å². The minimum absolute atomic E-state index is 0.0950. The smallest absolute Gasteiger partial charge is 0.319 e. The minimum Gasteiger partial charge on any atom is -0.508 e. The Morgan fingerprint density at radius 1 is 0.758 bits per heavy atom. The maximum Gasteiger partial charge on any atom is 0.319 e. The summed E-state index contributed by atoms with van der Waals surface area (Å²) in [5, 5.41) is 59.8. The van der Waals surface area contributed by atoms with Crippen molar-refractivity contribution in [2.24, 2.45) is 0 Å². The number of rotatable bonds is 2. The number of carbonyl (C=O) groups is 1. The molecule has 2 atom stereocenters. The SMILES string of the molecule is O=C1Oc2cc(O)c3c(c2C[C@@H]1c1ccc(O)c(O)c1)O[C@H](c1ccc(O)c(O)c1)C(O)=C3. The van der Waals surface area contributed by atoms with Crippen molar-refractivity contribution in [2.75, 3.05) is 0 Å². The maximum atomic E-state index is 12.6. The molecule has 0 fully saturated rings. The lowest BCUT2D eigenvalue weighted by atomic mass is 9.87. The summed E-state index contributed by atoms with van der Waals surface area (Å²) in [6.45, 7) is 0. The quantitative estimate of drug-likeness (QED) is 0.195. The molecule has 0 saturated carbocycles. The van der Waals surface area contributed by atoms with Gasteiger partial charge in [-0.1, -0.05) is 12.1 Å². The molecule has 0 unspecified atom stereocenters. The summed E-state index contributed by atoms with van der Waals surface area (Å²) in [6, 6.07) is 9.25. The normalized spacial score (nSPS) is 19.0. The fraction of sp³-hybridized carbons (Fsp3) is 0.125. The van der Waals surface area contributed by atoms with E-state index in [2.05, 4.69) is 0 Å². The molecular weight excluding hydrogens is 432 g/mol. The van der Waals surface area contributed by atoms with Gasteiger partial charge < -0.3 is 40.1 Å². The lowest BCUT2D eigenvalue weighted by molar-refractivity contribution is -0.137. The van der Waals surface area contributed by atoms with Gasteiger partial charge in [-0.05, 0) is 42.3 Å². The third-order valence-corrected chi connectivity index (χ3v) is 5.76. The summed E-state index contributed by atoms with van der Waals surface area (Å²) in [4.78, 5) is 12.6. The summed E-state index contributed by atoms with van der Waals surface area (Å²) < 4.78 is 11.5. The van der Waals surface area contributed by atoms with Gasteiger partial charge in [0, 0.05) is 17.2 Å². The molecule has 0 amide bonds. The molecule has 2 aliphatic heterocycles. The van der Waals surface area contributed by atoms with E-state index in [1.54, 1.807) is 0 Å². The Morgan fingerprint density at radius 2 is 1.39 bits per heavy atom. The Kier molecular flexibility index (Phi) is 4.49. The van der Waals surface area contributed by atoms with Crippen LogP contribution in [0.2, 0.25) is 0 Å². The zero-order chi connectivity index (χ0) is 23.4. The van der Waals surface area contributed by atoms with E-state index >= 15 is 0 Å². The number of ether oxygens (including phenoxy) is 2. The molecule has 3 aromatic rings. The number of aliphatic hydroxyl groups is 1. The first-order chi connectivity index (χ1) is 15.7. The lowest BCUT2D eigenvalue weighted by Crippen LogP contribution is -2.27. The Morgan fingerprint density at radius 3 is 2.06 bits per heavy atom. The van der Waals surface area contributed by atoms with E-state index in [4.69, 9.17) is 9.47 Å². The Labute approximate surface area is 186 Å². The number of aliphatic hydroxyl groups excluding tert-OH is 1. The average molecular weight is 450 g/mol. The van der Waals surface area contributed by atoms with Gasteiger partial charge in [0.15, 0.2) is 29.1 Å². The molecule has 0 aliphatic carbocycles. The van der Waals surface area contributed by atoms with Crippen LogP contribution in [-0.2, 0) is 11.2 Å². The molecule has 2 aliphatic rings. The topological polar surface area (TPSA) is 157 Å². The summed E-state index contributed by atoms with van der Waals surface area (Å²) >= 11 is 0. The second-order valence-corrected chi connectivity index (χ2v) is 7.86. The van der Waals surface area contributed by atoms with E-state index in [9.17, 15) is 35.4 Å². The number of benzene rings is 3. The Balaban J connectivity index is 1.59. The van der Waals surface area contributed by atoms with Gasteiger partial charge in [-0.3, -0.25) is 4.79 Å². The van der Waals surface area contributed by atoms with Crippen LogP contribution in [0.1, 0.15) is 34.3 Å². The predicted molar refractivity (Wildman–Crippen MR) is 114 cm³/mol. The van der Waals surface area contributed by atoms with Crippen LogP contribution in [0.3, 0.4) is 0 Å². The van der Waals surface area contributed by atoms with Crippen molar-refractivity contribution in [1.29, 1.82) is 0 Å². The highest BCUT2D eigenvalue weighted by atomic mass is 16.5. The predicted octanol–water partition coefficient (Wildman–Crippen LogP) is 3.49. The van der Waals surface area contributed by atoms with E-state index < -0.39 is 23.7 Å². The number of hydrogen-bond donors (Lipinski definition) is 6. The van der Waals surface area contributed by atoms with Crippen LogP contribution < -0.4 is 9.47 Å². The highest BCUT2D eigenvalue weighted by molar-refractivity contribution is 5.85. The zero-order valence-electron chi connectivity index (χ0n) is 16.9. The first kappa shape index (κ1) is 20.4. The van der Waals surface area contributed by atoms with Gasteiger partial charge in [-0.15, -0.1) is 0 Å². The zero-order valence-corrected chi connectivity index (χ0v) is 16.9. The average Bonchev–Trinajstić information content (AvgIpc) is 2.77. The van der Waals surface area contributed by atoms with Gasteiger partial charge in [0.1, 0.15) is 23.0 Å². The van der Waals surface area contributed by atoms with Crippen LogP contribution in [0.5, 0.6) is 40.2 Å². The van der Waals surface area contributed by atoms with E-state index in [1.165, 1.54) is 48.5 Å². The summed E-state index contributed by atoms with van der Waals surface area (Å²) in [5.74, 6) is -3.10. The summed E-state index contributed by atoms with van der Waals surface area (Å²) in [6.07, 6.45) is 0.368. The number of hydrogen-bond acceptors (Lipinski definition) is 9. The molecule has 9 nitrogen and oxygen atoms in total. The monoisotopic (exact) mass is 450 g/mol. The molecule has 2 heterocycles. The van der Waals surface area contributed by atoms with E-state index in [-0.39, 0.29) is 52.2 Å². The second-order valence-electron chi connectivity index (χ2n) is 7.86. The third-order valence-electron chi connectivity index (χ3n) is 5.76. The second kappa shape index (κ2) is 7.27. The Hall–Kier alpha value is -4.53. The van der Waals surface area contributed by atoms with Crippen molar-refractivity contribution < 1.29 is 44.9 Å². The Bertz CT molecular complexity index is 1340. The third kappa shape index (κ3) is 3.30. The molecule has 0 aromatic heterocycles. The highest BCUT2D eigenvalue weighted by Gasteiger charge is 2.37. The number of fused-ring (bicyclic) bond motifs is 3. The standard InChI is InChI=1S/C24H18O9/c25-15-3-1-10(5-18(15)28)12-7-14-21(32-24(12)31)9-17(27)13-8-20(30)22(33-23(13)14)11-2-4-16(26)19(29)6-11/h1-6,8-9,12,22,25-30H,7H2/t12-,22-/m1/s1. The van der Waals surface area contributed by atoms with Gasteiger partial charge in [-0.2, -0.15) is 0 Å². The van der Waals surface area contributed by atoms with Crippen LogP contribution >= 0.6 is 0 Å². The van der Waals surface area contributed by atoms with Crippen molar-refractivity contribution in [2.45, 2.75) is 18.4 Å². The summed E-state index contributed by atoms with van der Waals surface area (Å²) in [7, 11) is 0. The summed E-state index contributed by atoms with van der Waals surface area (Å²) in [5.41, 5.74) is 1.40. The van der Waals surface area contributed by atoms with Gasteiger partial charge in [0.25, 0.3) is 0 Å². The first-order valence-corrected chi connectivity index (χ1v) is 9.94. The molecule has 9 heteroatoms. The molecule has 0 bridgehead atoms. The largest absolute Gasteiger partial charge is 0.508 e. The van der Waals surface area contributed by atoms with Gasteiger partial charge >= 0.3 is 5.97 Å². The van der Waals surface area contributed by atoms with E-state index in [0.717, 1.165) is 0 Å². The van der Waals surface area contributed by atoms with E-state index in [1.807, 2.05) is 0 Å². The number of esters is 1. The number of carbonyl (C=O) groups excluding carboxylic acids is 1. The molecule has 33 heavy (non-hydrogen) atoms. The minimum atomic E-state index is -1.05. The molecule has 0 spiro atoms. The first-order valence-electron chi connectivity index (χ1n) is 9.94. The van der Waals surface area contributed by atoms with Crippen LogP contribution in [0.15, 0.2) is 48.2 Å². The fourth-order valence-electron chi connectivity index (χ4n) is 4.06. The van der Waals surface area contributed by atoms with Crippen LogP contribution in [0.25, 0.3) is 6.08 Å². The lowest BCUT2D eigenvalue weighted by Gasteiger charge is -2.31. The van der Waals surface area contributed by atoms with Crippen molar-refractivity contribution in [3.8, 4) is 40.2 Å². The maximum absolute atomic E-state index is 12.6. The molecule has 3 aromatic carbocycles. The number of phenolic OH excluding ortho intramolecular Hbond substituents is 5. The number of aromatic hydroxyl groups is 5.